The number of hydrogen-bond donors (Lipinski definition) is 1. The molecule has 0 saturated carbocycles. The molecule has 1 amide bonds. The minimum absolute atomic E-state index is 0.102. The molecule has 0 aliphatic carbocycles. The standard InChI is InChI=1S/C18H21NO3/c1-3-14-8-10-15(11-9-14)22-13-12-18(20)19-16-6-4-5-7-17(16)21-2/h4-11H,3,12-13H2,1-2H3,(H,19,20). The van der Waals surface area contributed by atoms with Crippen LogP contribution in [0, 0.1) is 0 Å². The largest absolute Gasteiger partial charge is 0.495 e. The van der Waals surface area contributed by atoms with Crippen molar-refractivity contribution in [2.75, 3.05) is 19.0 Å². The molecule has 0 aromatic heterocycles. The Morgan fingerprint density at radius 3 is 2.50 bits per heavy atom. The summed E-state index contributed by atoms with van der Waals surface area (Å²) in [6, 6.07) is 15.2. The summed E-state index contributed by atoms with van der Waals surface area (Å²) in [4.78, 5) is 11.9. The van der Waals surface area contributed by atoms with Crippen LogP contribution in [0.5, 0.6) is 11.5 Å². The maximum absolute atomic E-state index is 11.9. The normalized spacial score (nSPS) is 10.1. The van der Waals surface area contributed by atoms with E-state index in [2.05, 4.69) is 12.2 Å². The van der Waals surface area contributed by atoms with Crippen LogP contribution >= 0.6 is 0 Å². The molecule has 2 aromatic carbocycles. The predicted molar refractivity (Wildman–Crippen MR) is 87.6 cm³/mol. The van der Waals surface area contributed by atoms with Crippen molar-refractivity contribution in [1.82, 2.24) is 0 Å². The second kappa shape index (κ2) is 8.08. The lowest BCUT2D eigenvalue weighted by molar-refractivity contribution is -0.116. The third-order valence-corrected chi connectivity index (χ3v) is 3.31. The van der Waals surface area contributed by atoms with Crippen LogP contribution in [0.4, 0.5) is 5.69 Å². The molecule has 2 rings (SSSR count). The summed E-state index contributed by atoms with van der Waals surface area (Å²) in [7, 11) is 1.58. The highest BCUT2D eigenvalue weighted by Gasteiger charge is 2.07. The number of aryl methyl sites for hydroxylation is 1. The molecule has 0 saturated heterocycles. The second-order valence-electron chi connectivity index (χ2n) is 4.84. The highest BCUT2D eigenvalue weighted by molar-refractivity contribution is 5.92. The molecular formula is C18H21NO3. The molecule has 2 aromatic rings. The van der Waals surface area contributed by atoms with Gasteiger partial charge in [0.05, 0.1) is 25.8 Å². The molecule has 4 nitrogen and oxygen atoms in total. The van der Waals surface area contributed by atoms with Crippen LogP contribution in [0.1, 0.15) is 18.9 Å². The lowest BCUT2D eigenvalue weighted by Gasteiger charge is -2.10. The molecule has 0 heterocycles. The van der Waals surface area contributed by atoms with Gasteiger partial charge in [0.25, 0.3) is 0 Å². The molecule has 0 aliphatic rings. The topological polar surface area (TPSA) is 47.6 Å². The fourth-order valence-corrected chi connectivity index (χ4v) is 2.04. The lowest BCUT2D eigenvalue weighted by Crippen LogP contribution is -2.15. The molecule has 22 heavy (non-hydrogen) atoms. The Hall–Kier alpha value is -2.49. The highest BCUT2D eigenvalue weighted by atomic mass is 16.5. The van der Waals surface area contributed by atoms with Gasteiger partial charge in [-0.05, 0) is 36.2 Å². The fraction of sp³-hybridized carbons (Fsp3) is 0.278. The number of methoxy groups -OCH3 is 1. The molecule has 0 aliphatic heterocycles. The molecule has 4 heteroatoms. The summed E-state index contributed by atoms with van der Waals surface area (Å²) in [5, 5.41) is 2.82. The summed E-state index contributed by atoms with van der Waals surface area (Å²) in [5.41, 5.74) is 1.93. The first-order chi connectivity index (χ1) is 10.7. The van der Waals surface area contributed by atoms with E-state index >= 15 is 0 Å². The van der Waals surface area contributed by atoms with Crippen molar-refractivity contribution < 1.29 is 14.3 Å². The van der Waals surface area contributed by atoms with Gasteiger partial charge in [-0.3, -0.25) is 4.79 Å². The van der Waals surface area contributed by atoms with Crippen LogP contribution in [0.3, 0.4) is 0 Å². The Kier molecular flexibility index (Phi) is 5.83. The number of carbonyl (C=O) groups excluding carboxylic acids is 1. The van der Waals surface area contributed by atoms with Gasteiger partial charge in [-0.2, -0.15) is 0 Å². The number of nitrogens with one attached hydrogen (secondary N) is 1. The molecule has 0 fully saturated rings. The van der Waals surface area contributed by atoms with Gasteiger partial charge in [0.1, 0.15) is 11.5 Å². The smallest absolute Gasteiger partial charge is 0.227 e. The molecule has 0 spiro atoms. The van der Waals surface area contributed by atoms with Gasteiger partial charge in [0.15, 0.2) is 0 Å². The van der Waals surface area contributed by atoms with E-state index in [4.69, 9.17) is 9.47 Å². The zero-order chi connectivity index (χ0) is 15.8. The van der Waals surface area contributed by atoms with Gasteiger partial charge < -0.3 is 14.8 Å². The van der Waals surface area contributed by atoms with Crippen LogP contribution in [0.15, 0.2) is 48.5 Å². The van der Waals surface area contributed by atoms with Crippen molar-refractivity contribution in [1.29, 1.82) is 0 Å². The van der Waals surface area contributed by atoms with Crippen molar-refractivity contribution in [2.45, 2.75) is 19.8 Å². The maximum Gasteiger partial charge on any atom is 0.227 e. The Balaban J connectivity index is 1.80. The van der Waals surface area contributed by atoms with E-state index in [9.17, 15) is 4.79 Å². The van der Waals surface area contributed by atoms with Gasteiger partial charge >= 0.3 is 0 Å². The minimum atomic E-state index is -0.102. The van der Waals surface area contributed by atoms with Crippen molar-refractivity contribution in [3.8, 4) is 11.5 Å². The summed E-state index contributed by atoms with van der Waals surface area (Å²) >= 11 is 0. The van der Waals surface area contributed by atoms with Gasteiger partial charge in [-0.1, -0.05) is 31.2 Å². The third kappa shape index (κ3) is 4.52. The Labute approximate surface area is 131 Å². The number of hydrogen-bond acceptors (Lipinski definition) is 3. The number of carbonyl (C=O) groups is 1. The zero-order valence-electron chi connectivity index (χ0n) is 13.0. The van der Waals surface area contributed by atoms with E-state index in [1.165, 1.54) is 5.56 Å². The summed E-state index contributed by atoms with van der Waals surface area (Å²) in [5.74, 6) is 1.32. The van der Waals surface area contributed by atoms with Crippen molar-refractivity contribution in [3.63, 3.8) is 0 Å². The van der Waals surface area contributed by atoms with Crippen LogP contribution in [0.2, 0.25) is 0 Å². The average Bonchev–Trinajstić information content (AvgIpc) is 2.56. The van der Waals surface area contributed by atoms with Crippen LogP contribution < -0.4 is 14.8 Å². The number of ether oxygens (including phenoxy) is 2. The van der Waals surface area contributed by atoms with Gasteiger partial charge in [0, 0.05) is 0 Å². The van der Waals surface area contributed by atoms with Gasteiger partial charge in [-0.15, -0.1) is 0 Å². The average molecular weight is 299 g/mol. The number of amides is 1. The Morgan fingerprint density at radius 2 is 1.82 bits per heavy atom. The Bertz CT molecular complexity index is 608. The molecule has 0 bridgehead atoms. The monoisotopic (exact) mass is 299 g/mol. The molecular weight excluding hydrogens is 278 g/mol. The van der Waals surface area contributed by atoms with E-state index in [0.29, 0.717) is 18.0 Å². The molecule has 0 unspecified atom stereocenters. The second-order valence-corrected chi connectivity index (χ2v) is 4.84. The summed E-state index contributed by atoms with van der Waals surface area (Å²) in [6.07, 6.45) is 1.29. The predicted octanol–water partition coefficient (Wildman–Crippen LogP) is 3.67. The first-order valence-corrected chi connectivity index (χ1v) is 7.37. The zero-order valence-corrected chi connectivity index (χ0v) is 13.0. The van der Waals surface area contributed by atoms with E-state index < -0.39 is 0 Å². The van der Waals surface area contributed by atoms with Crippen molar-refractivity contribution in [2.24, 2.45) is 0 Å². The molecule has 0 atom stereocenters. The molecule has 0 radical (unpaired) electrons. The minimum Gasteiger partial charge on any atom is -0.495 e. The van der Waals surface area contributed by atoms with E-state index in [1.807, 2.05) is 36.4 Å². The van der Waals surface area contributed by atoms with Crippen LogP contribution in [0.25, 0.3) is 0 Å². The number of rotatable bonds is 7. The number of anilines is 1. The van der Waals surface area contributed by atoms with Crippen molar-refractivity contribution >= 4 is 11.6 Å². The maximum atomic E-state index is 11.9. The first-order valence-electron chi connectivity index (χ1n) is 7.37. The molecule has 116 valence electrons. The summed E-state index contributed by atoms with van der Waals surface area (Å²) in [6.45, 7) is 2.45. The SMILES string of the molecule is CCc1ccc(OCCC(=O)Nc2ccccc2OC)cc1. The van der Waals surface area contributed by atoms with Gasteiger partial charge in [0.2, 0.25) is 5.91 Å². The lowest BCUT2D eigenvalue weighted by atomic mass is 10.2. The first kappa shape index (κ1) is 15.9. The quantitative estimate of drug-likeness (QED) is 0.848. The van der Waals surface area contributed by atoms with E-state index in [0.717, 1.165) is 12.2 Å². The van der Waals surface area contributed by atoms with Crippen molar-refractivity contribution in [3.05, 3.63) is 54.1 Å². The fourth-order valence-electron chi connectivity index (χ4n) is 2.04. The highest BCUT2D eigenvalue weighted by Crippen LogP contribution is 2.23. The van der Waals surface area contributed by atoms with E-state index in [1.54, 1.807) is 19.2 Å². The number of benzene rings is 2. The third-order valence-electron chi connectivity index (χ3n) is 3.31. The summed E-state index contributed by atoms with van der Waals surface area (Å²) < 4.78 is 10.8. The molecule has 1 N–H and O–H groups in total. The van der Waals surface area contributed by atoms with Gasteiger partial charge in [-0.25, -0.2) is 0 Å². The van der Waals surface area contributed by atoms with Crippen LogP contribution in [-0.2, 0) is 11.2 Å². The number of para-hydroxylation sites is 2. The Morgan fingerprint density at radius 1 is 1.09 bits per heavy atom. The van der Waals surface area contributed by atoms with Crippen LogP contribution in [-0.4, -0.2) is 19.6 Å². The van der Waals surface area contributed by atoms with E-state index in [-0.39, 0.29) is 12.3 Å².